The van der Waals surface area contributed by atoms with Crippen LogP contribution in [0.2, 0.25) is 0 Å². The predicted octanol–water partition coefficient (Wildman–Crippen LogP) is 3.04. The number of benzene rings is 2. The van der Waals surface area contributed by atoms with E-state index < -0.39 is 35.6 Å². The lowest BCUT2D eigenvalue weighted by atomic mass is 10.1. The molecule has 2 rings (SSSR count). The van der Waals surface area contributed by atoms with Crippen molar-refractivity contribution in [3.8, 4) is 0 Å². The van der Waals surface area contributed by atoms with Gasteiger partial charge in [-0.15, -0.1) is 0 Å². The molecule has 0 saturated heterocycles. The minimum Gasteiger partial charge on any atom is -0.457 e. The zero-order chi connectivity index (χ0) is 14.7. The summed E-state index contributed by atoms with van der Waals surface area (Å²) in [5.41, 5.74) is 4.09. The number of carbonyl (C=O) groups excluding carboxylic acids is 1. The lowest BCUT2D eigenvalue weighted by Gasteiger charge is -2.08. The monoisotopic (exact) mass is 281 g/mol. The average Bonchev–Trinajstić information content (AvgIpc) is 2.42. The summed E-state index contributed by atoms with van der Waals surface area (Å²) in [5, 5.41) is 0. The van der Waals surface area contributed by atoms with Crippen molar-refractivity contribution in [1.82, 2.24) is 0 Å². The van der Waals surface area contributed by atoms with Gasteiger partial charge in [0.15, 0.2) is 5.82 Å². The smallest absolute Gasteiger partial charge is 0.344 e. The Bertz CT molecular complexity index is 659. The third kappa shape index (κ3) is 2.74. The fourth-order valence-corrected chi connectivity index (χ4v) is 1.59. The summed E-state index contributed by atoms with van der Waals surface area (Å²) in [5.74, 6) is -4.09. The zero-order valence-corrected chi connectivity index (χ0v) is 10.2. The second-order valence-electron chi connectivity index (χ2n) is 3.99. The fourth-order valence-electron chi connectivity index (χ4n) is 1.59. The van der Waals surface area contributed by atoms with Crippen LogP contribution in [-0.4, -0.2) is 5.97 Å². The van der Waals surface area contributed by atoms with Crippen LogP contribution >= 0.6 is 0 Å². The van der Waals surface area contributed by atoms with Crippen LogP contribution in [0.5, 0.6) is 0 Å². The highest BCUT2D eigenvalue weighted by atomic mass is 19.1. The SMILES string of the molecule is Nc1ccc(F)c(C(=O)OCc2ccccc2F)c1F. The van der Waals surface area contributed by atoms with E-state index in [1.165, 1.54) is 18.2 Å². The van der Waals surface area contributed by atoms with Crippen molar-refractivity contribution in [1.29, 1.82) is 0 Å². The number of halogens is 3. The molecule has 0 aromatic heterocycles. The molecule has 0 aliphatic carbocycles. The topological polar surface area (TPSA) is 52.3 Å². The van der Waals surface area contributed by atoms with Gasteiger partial charge in [-0.3, -0.25) is 0 Å². The molecule has 0 atom stereocenters. The second kappa shape index (κ2) is 5.64. The third-order valence-electron chi connectivity index (χ3n) is 2.64. The van der Waals surface area contributed by atoms with Crippen LogP contribution in [0, 0.1) is 17.5 Å². The normalized spacial score (nSPS) is 10.3. The fraction of sp³-hybridized carbons (Fsp3) is 0.0714. The second-order valence-corrected chi connectivity index (χ2v) is 3.99. The summed E-state index contributed by atoms with van der Waals surface area (Å²) < 4.78 is 45.0. The Morgan fingerprint density at radius 3 is 2.45 bits per heavy atom. The standard InChI is InChI=1S/C14H10F3NO2/c15-9-4-2-1-3-8(9)7-20-14(19)12-10(16)5-6-11(18)13(12)17/h1-6H,7,18H2. The van der Waals surface area contributed by atoms with Crippen LogP contribution in [0.25, 0.3) is 0 Å². The molecule has 2 aromatic rings. The van der Waals surface area contributed by atoms with Crippen molar-refractivity contribution in [3.63, 3.8) is 0 Å². The minimum atomic E-state index is -1.24. The Kier molecular flexibility index (Phi) is 3.93. The van der Waals surface area contributed by atoms with Crippen molar-refractivity contribution >= 4 is 11.7 Å². The molecule has 0 heterocycles. The summed E-state index contributed by atoms with van der Waals surface area (Å²) in [7, 11) is 0. The number of hydrogen-bond acceptors (Lipinski definition) is 3. The van der Waals surface area contributed by atoms with E-state index in [-0.39, 0.29) is 11.3 Å². The first kappa shape index (κ1) is 13.9. The summed E-state index contributed by atoms with van der Waals surface area (Å²) in [6, 6.07) is 7.46. The first-order chi connectivity index (χ1) is 9.50. The number of hydrogen-bond donors (Lipinski definition) is 1. The molecule has 2 aromatic carbocycles. The highest BCUT2D eigenvalue weighted by molar-refractivity contribution is 5.91. The van der Waals surface area contributed by atoms with Crippen LogP contribution < -0.4 is 5.73 Å². The Balaban J connectivity index is 2.18. The van der Waals surface area contributed by atoms with Crippen LogP contribution in [-0.2, 0) is 11.3 Å². The van der Waals surface area contributed by atoms with Gasteiger partial charge in [0.2, 0.25) is 0 Å². The maximum Gasteiger partial charge on any atom is 0.344 e. The Labute approximate surface area is 112 Å². The maximum atomic E-state index is 13.6. The summed E-state index contributed by atoms with van der Waals surface area (Å²) in [6.07, 6.45) is 0. The number of anilines is 1. The summed E-state index contributed by atoms with van der Waals surface area (Å²) in [4.78, 5) is 11.6. The number of nitrogens with two attached hydrogens (primary N) is 1. The van der Waals surface area contributed by atoms with Gasteiger partial charge >= 0.3 is 5.97 Å². The van der Waals surface area contributed by atoms with Crippen molar-refractivity contribution < 1.29 is 22.7 Å². The third-order valence-corrected chi connectivity index (χ3v) is 2.64. The van der Waals surface area contributed by atoms with E-state index >= 15 is 0 Å². The van der Waals surface area contributed by atoms with Gasteiger partial charge in [0.25, 0.3) is 0 Å². The van der Waals surface area contributed by atoms with Crippen molar-refractivity contribution in [2.75, 3.05) is 5.73 Å². The minimum absolute atomic E-state index is 0.102. The number of rotatable bonds is 3. The molecule has 20 heavy (non-hydrogen) atoms. The Morgan fingerprint density at radius 2 is 1.75 bits per heavy atom. The summed E-state index contributed by atoms with van der Waals surface area (Å²) in [6.45, 7) is -0.431. The molecule has 3 nitrogen and oxygen atoms in total. The quantitative estimate of drug-likeness (QED) is 0.695. The van der Waals surface area contributed by atoms with E-state index in [1.807, 2.05) is 0 Å². The largest absolute Gasteiger partial charge is 0.457 e. The molecule has 0 bridgehead atoms. The molecule has 0 saturated carbocycles. The summed E-state index contributed by atoms with van der Waals surface area (Å²) >= 11 is 0. The zero-order valence-electron chi connectivity index (χ0n) is 10.2. The van der Waals surface area contributed by atoms with Crippen molar-refractivity contribution in [2.24, 2.45) is 0 Å². The molecule has 0 aliphatic rings. The van der Waals surface area contributed by atoms with E-state index in [9.17, 15) is 18.0 Å². The molecular formula is C14H10F3NO2. The first-order valence-electron chi connectivity index (χ1n) is 5.64. The molecular weight excluding hydrogens is 271 g/mol. The van der Waals surface area contributed by atoms with Gasteiger partial charge in [0, 0.05) is 5.56 Å². The molecule has 0 unspecified atom stereocenters. The van der Waals surface area contributed by atoms with E-state index in [2.05, 4.69) is 0 Å². The van der Waals surface area contributed by atoms with Crippen LogP contribution in [0.1, 0.15) is 15.9 Å². The van der Waals surface area contributed by atoms with Crippen LogP contribution in [0.4, 0.5) is 18.9 Å². The number of ether oxygens (including phenoxy) is 1. The number of esters is 1. The molecule has 0 spiro atoms. The van der Waals surface area contributed by atoms with E-state index in [1.54, 1.807) is 6.07 Å². The van der Waals surface area contributed by atoms with Crippen LogP contribution in [0.15, 0.2) is 36.4 Å². The molecule has 0 aliphatic heterocycles. The maximum absolute atomic E-state index is 13.6. The van der Waals surface area contributed by atoms with E-state index in [0.29, 0.717) is 0 Å². The Hall–Kier alpha value is -2.50. The molecule has 0 radical (unpaired) electrons. The van der Waals surface area contributed by atoms with Gasteiger partial charge < -0.3 is 10.5 Å². The van der Waals surface area contributed by atoms with Crippen molar-refractivity contribution in [3.05, 3.63) is 65.0 Å². The molecule has 6 heteroatoms. The van der Waals surface area contributed by atoms with E-state index in [0.717, 1.165) is 12.1 Å². The van der Waals surface area contributed by atoms with Gasteiger partial charge in [-0.05, 0) is 18.2 Å². The van der Waals surface area contributed by atoms with Gasteiger partial charge in [0.05, 0.1) is 5.69 Å². The average molecular weight is 281 g/mol. The predicted molar refractivity (Wildman–Crippen MR) is 66.3 cm³/mol. The highest BCUT2D eigenvalue weighted by Gasteiger charge is 2.21. The van der Waals surface area contributed by atoms with Crippen molar-refractivity contribution in [2.45, 2.75) is 6.61 Å². The molecule has 0 fully saturated rings. The molecule has 2 N–H and O–H groups in total. The highest BCUT2D eigenvalue weighted by Crippen LogP contribution is 2.20. The number of nitrogen functional groups attached to an aromatic ring is 1. The lowest BCUT2D eigenvalue weighted by molar-refractivity contribution is 0.0458. The van der Waals surface area contributed by atoms with Gasteiger partial charge in [-0.1, -0.05) is 18.2 Å². The lowest BCUT2D eigenvalue weighted by Crippen LogP contribution is -2.12. The van der Waals surface area contributed by atoms with E-state index in [4.69, 9.17) is 10.5 Å². The molecule has 0 amide bonds. The number of carbonyl (C=O) groups is 1. The van der Waals surface area contributed by atoms with Gasteiger partial charge in [-0.25, -0.2) is 18.0 Å². The first-order valence-corrected chi connectivity index (χ1v) is 5.64. The van der Waals surface area contributed by atoms with Gasteiger partial charge in [0.1, 0.15) is 23.8 Å². The Morgan fingerprint density at radius 1 is 1.05 bits per heavy atom. The van der Waals surface area contributed by atoms with Crippen LogP contribution in [0.3, 0.4) is 0 Å². The van der Waals surface area contributed by atoms with Gasteiger partial charge in [-0.2, -0.15) is 0 Å². The molecule has 104 valence electrons.